The van der Waals surface area contributed by atoms with Crippen molar-refractivity contribution in [1.29, 1.82) is 0 Å². The highest BCUT2D eigenvalue weighted by Crippen LogP contribution is 2.32. The van der Waals surface area contributed by atoms with Crippen LogP contribution >= 0.6 is 0 Å². The average Bonchev–Trinajstić information content (AvgIpc) is 3.44. The van der Waals surface area contributed by atoms with Crippen LogP contribution in [-0.2, 0) is 6.54 Å². The van der Waals surface area contributed by atoms with Gasteiger partial charge in [0, 0.05) is 36.4 Å². The van der Waals surface area contributed by atoms with E-state index in [0.29, 0.717) is 29.4 Å². The summed E-state index contributed by atoms with van der Waals surface area (Å²) >= 11 is 0. The standard InChI is InChI=1S/C22H23N5O3/c1-29-16-6-7-20(30-2)17(13-16)18-14-19(26-25-18)22(28)24-10-4-11-27-12-8-15-5-3-9-23-21(15)27/h3,5-9,12-14H,4,10-11H2,1-2H3,(H,24,28)(H,25,26). The van der Waals surface area contributed by atoms with E-state index in [2.05, 4.69) is 25.1 Å². The minimum atomic E-state index is -0.203. The second kappa shape index (κ2) is 8.69. The number of methoxy groups -OCH3 is 2. The lowest BCUT2D eigenvalue weighted by molar-refractivity contribution is 0.0948. The van der Waals surface area contributed by atoms with Crippen LogP contribution in [-0.4, -0.2) is 46.4 Å². The van der Waals surface area contributed by atoms with Gasteiger partial charge in [-0.15, -0.1) is 0 Å². The van der Waals surface area contributed by atoms with Crippen molar-refractivity contribution in [3.05, 3.63) is 60.6 Å². The van der Waals surface area contributed by atoms with Crippen molar-refractivity contribution < 1.29 is 14.3 Å². The van der Waals surface area contributed by atoms with Crippen LogP contribution in [0.1, 0.15) is 16.9 Å². The molecular formula is C22H23N5O3. The fourth-order valence-corrected chi connectivity index (χ4v) is 3.34. The van der Waals surface area contributed by atoms with Crippen molar-refractivity contribution in [3.8, 4) is 22.8 Å². The van der Waals surface area contributed by atoms with Gasteiger partial charge in [0.05, 0.1) is 19.9 Å². The third kappa shape index (κ3) is 3.98. The Kier molecular flexibility index (Phi) is 5.65. The second-order valence-corrected chi connectivity index (χ2v) is 6.77. The average molecular weight is 405 g/mol. The molecule has 1 amide bonds. The van der Waals surface area contributed by atoms with Gasteiger partial charge in [-0.2, -0.15) is 5.10 Å². The molecule has 0 aliphatic rings. The predicted octanol–water partition coefficient (Wildman–Crippen LogP) is 3.26. The minimum absolute atomic E-state index is 0.203. The molecule has 4 aromatic rings. The molecule has 8 heteroatoms. The molecule has 0 spiro atoms. The molecule has 0 radical (unpaired) electrons. The Bertz CT molecular complexity index is 1160. The number of amides is 1. The lowest BCUT2D eigenvalue weighted by Crippen LogP contribution is -2.25. The number of nitrogens with one attached hydrogen (secondary N) is 2. The van der Waals surface area contributed by atoms with E-state index in [1.165, 1.54) is 0 Å². The first-order chi connectivity index (χ1) is 14.7. The quantitative estimate of drug-likeness (QED) is 0.439. The lowest BCUT2D eigenvalue weighted by atomic mass is 10.1. The second-order valence-electron chi connectivity index (χ2n) is 6.77. The fourth-order valence-electron chi connectivity index (χ4n) is 3.34. The molecule has 0 aliphatic heterocycles. The number of H-pyrrole nitrogens is 1. The van der Waals surface area contributed by atoms with Crippen LogP contribution in [0.5, 0.6) is 11.5 Å². The summed E-state index contributed by atoms with van der Waals surface area (Å²) < 4.78 is 12.8. The first kappa shape index (κ1) is 19.5. The zero-order valence-electron chi connectivity index (χ0n) is 16.9. The van der Waals surface area contributed by atoms with Crippen LogP contribution in [0.2, 0.25) is 0 Å². The van der Waals surface area contributed by atoms with Crippen molar-refractivity contribution in [3.63, 3.8) is 0 Å². The Morgan fingerprint density at radius 2 is 2.07 bits per heavy atom. The van der Waals surface area contributed by atoms with Crippen LogP contribution in [0.3, 0.4) is 0 Å². The van der Waals surface area contributed by atoms with E-state index in [1.807, 2.05) is 42.6 Å². The molecule has 1 aromatic carbocycles. The van der Waals surface area contributed by atoms with Gasteiger partial charge < -0.3 is 19.4 Å². The largest absolute Gasteiger partial charge is 0.497 e. The number of fused-ring (bicyclic) bond motifs is 1. The Morgan fingerprint density at radius 1 is 1.17 bits per heavy atom. The Balaban J connectivity index is 1.36. The molecule has 0 atom stereocenters. The summed E-state index contributed by atoms with van der Waals surface area (Å²) in [6.45, 7) is 1.32. The van der Waals surface area contributed by atoms with Crippen molar-refractivity contribution in [2.45, 2.75) is 13.0 Å². The van der Waals surface area contributed by atoms with Crippen molar-refractivity contribution in [2.24, 2.45) is 0 Å². The third-order valence-corrected chi connectivity index (χ3v) is 4.89. The number of hydrogen-bond donors (Lipinski definition) is 2. The van der Waals surface area contributed by atoms with E-state index >= 15 is 0 Å². The van der Waals surface area contributed by atoms with E-state index in [-0.39, 0.29) is 5.91 Å². The molecule has 0 saturated carbocycles. The monoisotopic (exact) mass is 405 g/mol. The Morgan fingerprint density at radius 3 is 2.90 bits per heavy atom. The molecule has 0 aliphatic carbocycles. The molecule has 0 fully saturated rings. The number of carbonyl (C=O) groups is 1. The number of ether oxygens (including phenoxy) is 2. The highest BCUT2D eigenvalue weighted by Gasteiger charge is 2.14. The molecule has 30 heavy (non-hydrogen) atoms. The highest BCUT2D eigenvalue weighted by molar-refractivity contribution is 5.93. The number of hydrogen-bond acceptors (Lipinski definition) is 5. The van der Waals surface area contributed by atoms with E-state index in [0.717, 1.165) is 29.6 Å². The summed E-state index contributed by atoms with van der Waals surface area (Å²) in [7, 11) is 3.19. The van der Waals surface area contributed by atoms with Crippen LogP contribution in [0, 0.1) is 0 Å². The van der Waals surface area contributed by atoms with Gasteiger partial charge in [0.15, 0.2) is 0 Å². The van der Waals surface area contributed by atoms with E-state index in [9.17, 15) is 4.79 Å². The summed E-state index contributed by atoms with van der Waals surface area (Å²) in [5.41, 5.74) is 2.71. The number of nitrogens with zero attached hydrogens (tertiary/aromatic N) is 3. The van der Waals surface area contributed by atoms with E-state index in [1.54, 1.807) is 26.5 Å². The van der Waals surface area contributed by atoms with Crippen LogP contribution in [0.4, 0.5) is 0 Å². The van der Waals surface area contributed by atoms with Gasteiger partial charge >= 0.3 is 0 Å². The molecule has 0 bridgehead atoms. The summed E-state index contributed by atoms with van der Waals surface area (Å²) in [4.78, 5) is 16.9. The van der Waals surface area contributed by atoms with Gasteiger partial charge in [0.25, 0.3) is 5.91 Å². The number of benzene rings is 1. The number of aromatic amines is 1. The molecule has 3 aromatic heterocycles. The van der Waals surface area contributed by atoms with Gasteiger partial charge in [-0.05, 0) is 48.9 Å². The zero-order chi connectivity index (χ0) is 20.9. The number of pyridine rings is 1. The maximum absolute atomic E-state index is 12.5. The van der Waals surface area contributed by atoms with Crippen LogP contribution < -0.4 is 14.8 Å². The zero-order valence-corrected chi connectivity index (χ0v) is 16.9. The molecule has 3 heterocycles. The van der Waals surface area contributed by atoms with Gasteiger partial charge in [0.1, 0.15) is 22.8 Å². The minimum Gasteiger partial charge on any atom is -0.497 e. The van der Waals surface area contributed by atoms with E-state index < -0.39 is 0 Å². The molecule has 8 nitrogen and oxygen atoms in total. The summed E-state index contributed by atoms with van der Waals surface area (Å²) in [6.07, 6.45) is 4.59. The van der Waals surface area contributed by atoms with Crippen LogP contribution in [0.15, 0.2) is 54.9 Å². The predicted molar refractivity (Wildman–Crippen MR) is 114 cm³/mol. The summed E-state index contributed by atoms with van der Waals surface area (Å²) in [5.74, 6) is 1.14. The lowest BCUT2D eigenvalue weighted by Gasteiger charge is -2.08. The number of aromatic nitrogens is 4. The van der Waals surface area contributed by atoms with E-state index in [4.69, 9.17) is 9.47 Å². The van der Waals surface area contributed by atoms with Crippen molar-refractivity contribution in [1.82, 2.24) is 25.1 Å². The molecule has 0 unspecified atom stereocenters. The summed E-state index contributed by atoms with van der Waals surface area (Å²) in [5, 5.41) is 11.1. The van der Waals surface area contributed by atoms with Crippen molar-refractivity contribution in [2.75, 3.05) is 20.8 Å². The maximum atomic E-state index is 12.5. The third-order valence-electron chi connectivity index (χ3n) is 4.89. The molecule has 4 rings (SSSR count). The molecule has 0 saturated heterocycles. The Hall–Kier alpha value is -3.81. The van der Waals surface area contributed by atoms with Crippen LogP contribution in [0.25, 0.3) is 22.3 Å². The highest BCUT2D eigenvalue weighted by atomic mass is 16.5. The summed E-state index contributed by atoms with van der Waals surface area (Å²) in [6, 6.07) is 13.1. The van der Waals surface area contributed by atoms with Gasteiger partial charge in [-0.1, -0.05) is 0 Å². The number of rotatable bonds is 8. The normalized spacial score (nSPS) is 10.9. The SMILES string of the molecule is COc1ccc(OC)c(-c2cc(C(=O)NCCCn3ccc4cccnc43)[nH]n2)c1. The number of aryl methyl sites for hydroxylation is 1. The first-order valence-electron chi connectivity index (χ1n) is 9.65. The topological polar surface area (TPSA) is 94.1 Å². The van der Waals surface area contributed by atoms with Crippen molar-refractivity contribution >= 4 is 16.9 Å². The van der Waals surface area contributed by atoms with Gasteiger partial charge in [-0.25, -0.2) is 4.98 Å². The van der Waals surface area contributed by atoms with Gasteiger partial charge in [0.2, 0.25) is 0 Å². The molecule has 154 valence electrons. The Labute approximate surface area is 173 Å². The van der Waals surface area contributed by atoms with Gasteiger partial charge in [-0.3, -0.25) is 9.89 Å². The smallest absolute Gasteiger partial charge is 0.269 e. The maximum Gasteiger partial charge on any atom is 0.269 e. The fraction of sp³-hybridized carbons (Fsp3) is 0.227. The first-order valence-corrected chi connectivity index (χ1v) is 9.65. The molecule has 2 N–H and O–H groups in total. The number of carbonyl (C=O) groups excluding carboxylic acids is 1. The molecular weight excluding hydrogens is 382 g/mol.